The van der Waals surface area contributed by atoms with E-state index in [1.54, 1.807) is 60.6 Å². The molecule has 3 aliphatic heterocycles. The van der Waals surface area contributed by atoms with Crippen LogP contribution in [0.25, 0.3) is 21.9 Å². The van der Waals surface area contributed by atoms with Crippen molar-refractivity contribution in [1.82, 2.24) is 14.9 Å². The van der Waals surface area contributed by atoms with Gasteiger partial charge in [0.05, 0.1) is 18.3 Å². The molecule has 1 saturated heterocycles. The number of hydrogen-bond donors (Lipinski definition) is 2. The van der Waals surface area contributed by atoms with Gasteiger partial charge in [-0.15, -0.1) is 0 Å². The largest absolute Gasteiger partial charge is 0.474 e. The number of rotatable bonds is 4. The van der Waals surface area contributed by atoms with Crippen molar-refractivity contribution in [2.75, 3.05) is 35.2 Å². The van der Waals surface area contributed by atoms with Crippen molar-refractivity contribution in [3.63, 3.8) is 0 Å². The maximum Gasteiger partial charge on any atom is 0.415 e. The highest BCUT2D eigenvalue weighted by Gasteiger charge is 2.36. The fraction of sp³-hybridized carbons (Fsp3) is 0.410. The predicted octanol–water partition coefficient (Wildman–Crippen LogP) is 8.19. The first-order valence-electron chi connectivity index (χ1n) is 17.5. The normalized spacial score (nSPS) is 16.8. The SMILES string of the molecule is Cc1c(-c2cc3cc(Nc4ccc5c(c4)C4CCC(=O)N4CC5)ncc3c(NC(=O)OC(C)(C)C)c2F)cnc2c1N(C(=O)OC(C)(C)C)CCO2. The van der Waals surface area contributed by atoms with Gasteiger partial charge in [0.25, 0.3) is 0 Å². The fourth-order valence-electron chi connectivity index (χ4n) is 7.11. The first kappa shape index (κ1) is 35.0. The van der Waals surface area contributed by atoms with Gasteiger partial charge in [0.2, 0.25) is 11.8 Å². The van der Waals surface area contributed by atoms with Crippen LogP contribution in [0.15, 0.2) is 42.7 Å². The van der Waals surface area contributed by atoms with E-state index in [0.717, 1.165) is 30.6 Å². The van der Waals surface area contributed by atoms with Crippen LogP contribution in [-0.4, -0.2) is 63.9 Å². The van der Waals surface area contributed by atoms with E-state index in [1.807, 2.05) is 11.0 Å². The van der Waals surface area contributed by atoms with Crippen LogP contribution in [0.1, 0.15) is 77.1 Å². The Morgan fingerprint density at radius 1 is 0.962 bits per heavy atom. The molecule has 7 rings (SSSR count). The average Bonchev–Trinajstić information content (AvgIpc) is 3.45. The van der Waals surface area contributed by atoms with Crippen LogP contribution in [0, 0.1) is 12.7 Å². The second kappa shape index (κ2) is 12.9. The molecule has 12 nitrogen and oxygen atoms in total. The lowest BCUT2D eigenvalue weighted by molar-refractivity contribution is -0.129. The molecule has 13 heteroatoms. The van der Waals surface area contributed by atoms with Gasteiger partial charge in [-0.2, -0.15) is 0 Å². The van der Waals surface area contributed by atoms with Crippen LogP contribution in [0.3, 0.4) is 0 Å². The van der Waals surface area contributed by atoms with Gasteiger partial charge in [-0.05, 0) is 108 Å². The third-order valence-corrected chi connectivity index (χ3v) is 9.31. The van der Waals surface area contributed by atoms with E-state index in [1.165, 1.54) is 22.9 Å². The van der Waals surface area contributed by atoms with Crippen molar-refractivity contribution in [1.29, 1.82) is 0 Å². The molecule has 52 heavy (non-hydrogen) atoms. The van der Waals surface area contributed by atoms with Gasteiger partial charge >= 0.3 is 12.2 Å². The number of fused-ring (bicyclic) bond motifs is 5. The van der Waals surface area contributed by atoms with Crippen LogP contribution in [0.2, 0.25) is 0 Å². The Morgan fingerprint density at radius 2 is 1.73 bits per heavy atom. The number of halogens is 1. The molecule has 3 aliphatic rings. The minimum atomic E-state index is -0.828. The number of nitrogens with zero attached hydrogens (tertiary/aromatic N) is 4. The lowest BCUT2D eigenvalue weighted by Gasteiger charge is -2.32. The fourth-order valence-corrected chi connectivity index (χ4v) is 7.11. The Hall–Kier alpha value is -5.46. The Morgan fingerprint density at radius 3 is 2.48 bits per heavy atom. The third-order valence-electron chi connectivity index (χ3n) is 9.31. The first-order chi connectivity index (χ1) is 24.6. The Labute approximate surface area is 301 Å². The molecule has 0 spiro atoms. The topological polar surface area (TPSA) is 135 Å². The molecule has 0 saturated carbocycles. The summed E-state index contributed by atoms with van der Waals surface area (Å²) < 4.78 is 33.8. The second-order valence-electron chi connectivity index (χ2n) is 15.4. The maximum atomic E-state index is 16.8. The van der Waals surface area contributed by atoms with Gasteiger partial charge in [-0.25, -0.2) is 23.9 Å². The van der Waals surface area contributed by atoms with E-state index in [-0.39, 0.29) is 42.2 Å². The molecule has 3 amide bonds. The van der Waals surface area contributed by atoms with Crippen LogP contribution in [0.4, 0.5) is 36.9 Å². The number of ether oxygens (including phenoxy) is 3. The number of carbonyl (C=O) groups is 3. The molecule has 0 bridgehead atoms. The van der Waals surface area contributed by atoms with Gasteiger partial charge in [-0.3, -0.25) is 15.0 Å². The zero-order valence-corrected chi connectivity index (χ0v) is 30.5. The zero-order valence-electron chi connectivity index (χ0n) is 30.5. The number of hydrogen-bond acceptors (Lipinski definition) is 9. The summed E-state index contributed by atoms with van der Waals surface area (Å²) in [7, 11) is 0. The van der Waals surface area contributed by atoms with Gasteiger partial charge in [0, 0.05) is 47.6 Å². The van der Waals surface area contributed by atoms with E-state index in [0.29, 0.717) is 39.8 Å². The summed E-state index contributed by atoms with van der Waals surface area (Å²) in [5.41, 5.74) is 2.94. The Bertz CT molecular complexity index is 2120. The van der Waals surface area contributed by atoms with Crippen molar-refractivity contribution in [2.45, 2.75) is 85.0 Å². The summed E-state index contributed by atoms with van der Waals surface area (Å²) >= 11 is 0. The molecule has 1 atom stereocenters. The molecule has 272 valence electrons. The van der Waals surface area contributed by atoms with Crippen molar-refractivity contribution in [2.24, 2.45) is 0 Å². The monoisotopic (exact) mass is 710 g/mol. The highest BCUT2D eigenvalue weighted by Crippen LogP contribution is 2.43. The van der Waals surface area contributed by atoms with Gasteiger partial charge < -0.3 is 24.4 Å². The summed E-state index contributed by atoms with van der Waals surface area (Å²) in [4.78, 5) is 51.3. The Kier molecular flexibility index (Phi) is 8.70. The molecule has 2 aromatic heterocycles. The lowest BCUT2D eigenvalue weighted by Crippen LogP contribution is -2.42. The second-order valence-corrected chi connectivity index (χ2v) is 15.4. The number of benzene rings is 2. The molecule has 0 radical (unpaired) electrons. The molecule has 5 heterocycles. The summed E-state index contributed by atoms with van der Waals surface area (Å²) in [6.45, 7) is 13.5. The van der Waals surface area contributed by atoms with Crippen LogP contribution in [0.5, 0.6) is 5.88 Å². The van der Waals surface area contributed by atoms with Crippen LogP contribution < -0.4 is 20.3 Å². The number of amides is 3. The molecule has 2 aromatic carbocycles. The summed E-state index contributed by atoms with van der Waals surface area (Å²) in [5.74, 6) is 0.195. The van der Waals surface area contributed by atoms with Gasteiger partial charge in [0.15, 0.2) is 5.82 Å². The highest BCUT2D eigenvalue weighted by atomic mass is 19.1. The number of anilines is 4. The third kappa shape index (κ3) is 6.79. The number of pyridine rings is 2. The number of carbonyl (C=O) groups excluding carboxylic acids is 3. The summed E-state index contributed by atoms with van der Waals surface area (Å²) in [6.07, 6.45) is 3.77. The van der Waals surface area contributed by atoms with Crippen LogP contribution in [-0.2, 0) is 20.7 Å². The molecule has 1 fully saturated rings. The minimum Gasteiger partial charge on any atom is -0.474 e. The first-order valence-corrected chi connectivity index (χ1v) is 17.5. The predicted molar refractivity (Wildman–Crippen MR) is 196 cm³/mol. The van der Waals surface area contributed by atoms with E-state index in [2.05, 4.69) is 32.7 Å². The van der Waals surface area contributed by atoms with Crippen LogP contribution >= 0.6 is 0 Å². The highest BCUT2D eigenvalue weighted by molar-refractivity contribution is 6.04. The van der Waals surface area contributed by atoms with Crippen molar-refractivity contribution in [3.05, 3.63) is 65.2 Å². The van der Waals surface area contributed by atoms with E-state index in [9.17, 15) is 14.4 Å². The van der Waals surface area contributed by atoms with Gasteiger partial charge in [0.1, 0.15) is 29.3 Å². The molecular formula is C39H43FN6O6. The number of nitrogens with one attached hydrogen (secondary N) is 2. The van der Waals surface area contributed by atoms with Crippen molar-refractivity contribution >= 4 is 51.7 Å². The zero-order chi connectivity index (χ0) is 37.1. The minimum absolute atomic E-state index is 0.0692. The average molecular weight is 711 g/mol. The standard InChI is InChI=1S/C39H43FN6O6/c1-21-27(19-42-35-34(21)46(14-15-50-35)37(49)52-39(5,6)7)26-16-23-17-30(41-20-28(23)33(32(26)40)44-36(48)51-38(2,3)4)43-24-9-8-22-12-13-45-29(25(22)18-24)10-11-31(45)47/h8-9,16-20,29H,10-15H2,1-7H3,(H,41,43)(H,44,48). The molecular weight excluding hydrogens is 667 g/mol. The Balaban J connectivity index is 1.31. The molecule has 4 aromatic rings. The quantitative estimate of drug-likeness (QED) is 0.215. The number of aromatic nitrogens is 2. The summed E-state index contributed by atoms with van der Waals surface area (Å²) in [5, 5.41) is 6.93. The van der Waals surface area contributed by atoms with E-state index in [4.69, 9.17) is 14.2 Å². The smallest absolute Gasteiger partial charge is 0.415 e. The molecule has 1 unspecified atom stereocenters. The summed E-state index contributed by atoms with van der Waals surface area (Å²) in [6, 6.07) is 9.67. The molecule has 0 aliphatic carbocycles. The maximum absolute atomic E-state index is 16.8. The van der Waals surface area contributed by atoms with E-state index >= 15 is 4.39 Å². The molecule has 2 N–H and O–H groups in total. The van der Waals surface area contributed by atoms with Gasteiger partial charge in [-0.1, -0.05) is 6.07 Å². The lowest BCUT2D eigenvalue weighted by atomic mass is 9.92. The van der Waals surface area contributed by atoms with Crippen molar-refractivity contribution in [3.8, 4) is 17.0 Å². The van der Waals surface area contributed by atoms with Crippen molar-refractivity contribution < 1.29 is 33.0 Å². The van der Waals surface area contributed by atoms with E-state index < -0.39 is 29.2 Å².